The van der Waals surface area contributed by atoms with Gasteiger partial charge in [0.15, 0.2) is 16.2 Å². The van der Waals surface area contributed by atoms with Gasteiger partial charge in [0, 0.05) is 18.5 Å². The maximum Gasteiger partial charge on any atom is 0.231 e. The lowest BCUT2D eigenvalue weighted by atomic mass is 10.3. The van der Waals surface area contributed by atoms with Gasteiger partial charge in [-0.15, -0.1) is 0 Å². The van der Waals surface area contributed by atoms with Crippen LogP contribution < -0.4 is 9.47 Å². The summed E-state index contributed by atoms with van der Waals surface area (Å²) < 4.78 is 13.2. The van der Waals surface area contributed by atoms with Crippen molar-refractivity contribution in [1.29, 1.82) is 0 Å². The summed E-state index contributed by atoms with van der Waals surface area (Å²) in [4.78, 5) is 4.09. The number of nitrogens with zero attached hydrogens (tertiary/aromatic N) is 2. The average Bonchev–Trinajstić information content (AvgIpc) is 2.84. The van der Waals surface area contributed by atoms with Gasteiger partial charge < -0.3 is 9.47 Å². The topological polar surface area (TPSA) is 36.3 Å². The lowest BCUT2D eigenvalue weighted by Crippen LogP contribution is -1.93. The smallest absolute Gasteiger partial charge is 0.231 e. The molecule has 1 aliphatic heterocycles. The van der Waals surface area contributed by atoms with E-state index in [1.165, 1.54) is 0 Å². The first-order valence-electron chi connectivity index (χ1n) is 4.43. The van der Waals surface area contributed by atoms with Gasteiger partial charge in [0.1, 0.15) is 0 Å². The highest BCUT2D eigenvalue weighted by Crippen LogP contribution is 2.34. The van der Waals surface area contributed by atoms with Crippen LogP contribution in [0.2, 0.25) is 0 Å². The Morgan fingerprint density at radius 1 is 1.27 bits per heavy atom. The van der Waals surface area contributed by atoms with E-state index in [1.54, 1.807) is 6.20 Å². The third-order valence-corrected chi connectivity index (χ3v) is 2.82. The van der Waals surface area contributed by atoms with Crippen LogP contribution in [0.1, 0.15) is 0 Å². The van der Waals surface area contributed by atoms with Crippen LogP contribution in [-0.4, -0.2) is 16.3 Å². The molecule has 76 valence electrons. The lowest BCUT2D eigenvalue weighted by molar-refractivity contribution is 0.174. The molecule has 0 radical (unpaired) electrons. The molecule has 0 saturated carbocycles. The lowest BCUT2D eigenvalue weighted by Gasteiger charge is -2.04. The largest absolute Gasteiger partial charge is 0.454 e. The fourth-order valence-electron chi connectivity index (χ4n) is 1.51. The Labute approximate surface area is 94.6 Å². The first kappa shape index (κ1) is 8.79. The van der Waals surface area contributed by atoms with Gasteiger partial charge >= 0.3 is 0 Å². The van der Waals surface area contributed by atoms with Crippen molar-refractivity contribution < 1.29 is 9.47 Å². The summed E-state index contributed by atoms with van der Waals surface area (Å²) in [6.45, 7) is 0.296. The molecule has 1 aliphatic rings. The van der Waals surface area contributed by atoms with Crippen LogP contribution in [0.15, 0.2) is 35.3 Å². The zero-order valence-electron chi connectivity index (χ0n) is 7.68. The molecule has 1 aromatic carbocycles. The molecule has 2 aromatic rings. The number of fused-ring (bicyclic) bond motifs is 1. The molecule has 0 bridgehead atoms. The highest BCUT2D eigenvalue weighted by molar-refractivity contribution is 9.10. The van der Waals surface area contributed by atoms with Crippen LogP contribution in [0.5, 0.6) is 11.5 Å². The van der Waals surface area contributed by atoms with E-state index in [0.717, 1.165) is 21.9 Å². The highest BCUT2D eigenvalue weighted by atomic mass is 79.9. The minimum Gasteiger partial charge on any atom is -0.454 e. The summed E-state index contributed by atoms with van der Waals surface area (Å²) in [7, 11) is 0. The number of imidazole rings is 1. The summed E-state index contributed by atoms with van der Waals surface area (Å²) >= 11 is 3.36. The van der Waals surface area contributed by atoms with Gasteiger partial charge in [0.25, 0.3) is 0 Å². The second-order valence-electron chi connectivity index (χ2n) is 3.10. The molecule has 4 nitrogen and oxygen atoms in total. The predicted molar refractivity (Wildman–Crippen MR) is 57.4 cm³/mol. The van der Waals surface area contributed by atoms with Crippen molar-refractivity contribution in [2.24, 2.45) is 0 Å². The molecule has 1 aromatic heterocycles. The van der Waals surface area contributed by atoms with E-state index >= 15 is 0 Å². The molecule has 2 heterocycles. The van der Waals surface area contributed by atoms with Gasteiger partial charge in [-0.25, -0.2) is 4.98 Å². The van der Waals surface area contributed by atoms with Crippen molar-refractivity contribution in [3.63, 3.8) is 0 Å². The third-order valence-electron chi connectivity index (χ3n) is 2.23. The molecule has 0 atom stereocenters. The monoisotopic (exact) mass is 266 g/mol. The zero-order chi connectivity index (χ0) is 10.3. The van der Waals surface area contributed by atoms with Crippen LogP contribution in [-0.2, 0) is 0 Å². The van der Waals surface area contributed by atoms with Crippen molar-refractivity contribution in [3.8, 4) is 17.2 Å². The molecule has 0 saturated heterocycles. The minimum atomic E-state index is 0.296. The second-order valence-corrected chi connectivity index (χ2v) is 3.81. The van der Waals surface area contributed by atoms with Gasteiger partial charge in [-0.3, -0.25) is 4.57 Å². The second kappa shape index (κ2) is 3.27. The van der Waals surface area contributed by atoms with E-state index in [0.29, 0.717) is 6.79 Å². The van der Waals surface area contributed by atoms with Crippen LogP contribution in [0.3, 0.4) is 0 Å². The summed E-state index contributed by atoms with van der Waals surface area (Å²) in [5, 5.41) is 0. The minimum absolute atomic E-state index is 0.296. The van der Waals surface area contributed by atoms with Gasteiger partial charge in [-0.1, -0.05) is 0 Å². The van der Waals surface area contributed by atoms with Crippen LogP contribution in [0.4, 0.5) is 0 Å². The number of ether oxygens (including phenoxy) is 2. The van der Waals surface area contributed by atoms with E-state index in [4.69, 9.17) is 9.47 Å². The summed E-state index contributed by atoms with van der Waals surface area (Å²) in [5.41, 5.74) is 0.989. The molecule has 0 fully saturated rings. The van der Waals surface area contributed by atoms with E-state index in [9.17, 15) is 0 Å². The molecule has 0 amide bonds. The van der Waals surface area contributed by atoms with E-state index in [2.05, 4.69) is 20.9 Å². The summed E-state index contributed by atoms with van der Waals surface area (Å²) in [5.74, 6) is 1.56. The fraction of sp³-hybridized carbons (Fsp3) is 0.100. The first-order chi connectivity index (χ1) is 7.34. The molecule has 0 aliphatic carbocycles. The Bertz CT molecular complexity index is 510. The Balaban J connectivity index is 2.11. The summed E-state index contributed by atoms with van der Waals surface area (Å²) in [6.07, 6.45) is 3.61. The van der Waals surface area contributed by atoms with Crippen LogP contribution >= 0.6 is 15.9 Å². The molecule has 0 spiro atoms. The Morgan fingerprint density at radius 3 is 2.93 bits per heavy atom. The predicted octanol–water partition coefficient (Wildman–Crippen LogP) is 2.36. The molecular formula is C10H7BrN2O2. The Hall–Kier alpha value is -1.49. The van der Waals surface area contributed by atoms with Gasteiger partial charge in [-0.2, -0.15) is 0 Å². The number of hydrogen-bond donors (Lipinski definition) is 0. The van der Waals surface area contributed by atoms with Crippen molar-refractivity contribution in [2.45, 2.75) is 0 Å². The van der Waals surface area contributed by atoms with E-state index in [-0.39, 0.29) is 0 Å². The van der Waals surface area contributed by atoms with Gasteiger partial charge in [0.2, 0.25) is 6.79 Å². The fourth-order valence-corrected chi connectivity index (χ4v) is 1.95. The average molecular weight is 267 g/mol. The molecule has 0 unspecified atom stereocenters. The zero-order valence-corrected chi connectivity index (χ0v) is 9.27. The molecule has 3 rings (SSSR count). The third kappa shape index (κ3) is 1.39. The molecular weight excluding hydrogens is 260 g/mol. The van der Waals surface area contributed by atoms with Gasteiger partial charge in [-0.05, 0) is 28.1 Å². The standard InChI is InChI=1S/C10H7BrN2O2/c11-10-12-3-4-13(10)7-1-2-8-9(5-7)15-6-14-8/h1-5H,6H2. The van der Waals surface area contributed by atoms with E-state index in [1.807, 2.05) is 29.0 Å². The van der Waals surface area contributed by atoms with Crippen molar-refractivity contribution in [2.75, 3.05) is 6.79 Å². The van der Waals surface area contributed by atoms with Crippen molar-refractivity contribution >= 4 is 15.9 Å². The summed E-state index contributed by atoms with van der Waals surface area (Å²) in [6, 6.07) is 5.78. The Kier molecular flexibility index (Phi) is 1.92. The highest BCUT2D eigenvalue weighted by Gasteiger charge is 2.14. The normalized spacial score (nSPS) is 13.1. The number of rotatable bonds is 1. The molecule has 5 heteroatoms. The Morgan fingerprint density at radius 2 is 2.13 bits per heavy atom. The van der Waals surface area contributed by atoms with Crippen molar-refractivity contribution in [3.05, 3.63) is 35.3 Å². The SMILES string of the molecule is Brc1nccn1-c1ccc2c(c1)OCO2. The van der Waals surface area contributed by atoms with Gasteiger partial charge in [0.05, 0.1) is 5.69 Å². The maximum atomic E-state index is 5.31. The van der Waals surface area contributed by atoms with Crippen LogP contribution in [0, 0.1) is 0 Å². The number of aromatic nitrogens is 2. The maximum absolute atomic E-state index is 5.31. The number of halogens is 1. The van der Waals surface area contributed by atoms with Crippen molar-refractivity contribution in [1.82, 2.24) is 9.55 Å². The molecule has 0 N–H and O–H groups in total. The number of benzene rings is 1. The first-order valence-corrected chi connectivity index (χ1v) is 5.23. The molecule has 15 heavy (non-hydrogen) atoms. The quantitative estimate of drug-likeness (QED) is 0.795. The number of hydrogen-bond acceptors (Lipinski definition) is 3. The van der Waals surface area contributed by atoms with E-state index < -0.39 is 0 Å². The van der Waals surface area contributed by atoms with Crippen LogP contribution in [0.25, 0.3) is 5.69 Å².